The molecular weight excluding hydrogens is 318 g/mol. The van der Waals surface area contributed by atoms with Gasteiger partial charge in [-0.15, -0.1) is 0 Å². The summed E-state index contributed by atoms with van der Waals surface area (Å²) in [6, 6.07) is 8.99. The molecule has 21 heavy (non-hydrogen) atoms. The van der Waals surface area contributed by atoms with Crippen LogP contribution in [-0.4, -0.2) is 11.1 Å². The van der Waals surface area contributed by atoms with Crippen LogP contribution in [-0.2, 0) is 4.79 Å². The highest BCUT2D eigenvalue weighted by Gasteiger charge is 2.09. The lowest BCUT2D eigenvalue weighted by atomic mass is 10.2. The highest BCUT2D eigenvalue weighted by Crippen LogP contribution is 2.31. The van der Waals surface area contributed by atoms with Gasteiger partial charge in [-0.3, -0.25) is 0 Å². The molecule has 0 saturated heterocycles. The summed E-state index contributed by atoms with van der Waals surface area (Å²) in [4.78, 5) is 10.5. The van der Waals surface area contributed by atoms with E-state index in [1.54, 1.807) is 18.2 Å². The zero-order valence-corrected chi connectivity index (χ0v) is 12.0. The van der Waals surface area contributed by atoms with Crippen LogP contribution < -0.4 is 4.74 Å². The van der Waals surface area contributed by atoms with Crippen molar-refractivity contribution in [1.82, 2.24) is 0 Å². The van der Waals surface area contributed by atoms with Gasteiger partial charge in [0.15, 0.2) is 11.6 Å². The molecule has 0 bridgehead atoms. The lowest BCUT2D eigenvalue weighted by molar-refractivity contribution is -0.131. The quantitative estimate of drug-likeness (QED) is 0.802. The minimum Gasteiger partial charge on any atom is -0.478 e. The van der Waals surface area contributed by atoms with Crippen LogP contribution >= 0.6 is 23.2 Å². The third-order valence-corrected chi connectivity index (χ3v) is 3.14. The number of carboxylic acids is 1. The molecule has 0 unspecified atom stereocenters. The van der Waals surface area contributed by atoms with Crippen molar-refractivity contribution in [2.75, 3.05) is 0 Å². The van der Waals surface area contributed by atoms with Crippen molar-refractivity contribution < 1.29 is 19.0 Å². The molecule has 6 heteroatoms. The smallest absolute Gasteiger partial charge is 0.328 e. The van der Waals surface area contributed by atoms with Gasteiger partial charge in [0.2, 0.25) is 0 Å². The molecule has 0 saturated carbocycles. The predicted molar refractivity (Wildman–Crippen MR) is 79.6 cm³/mol. The summed E-state index contributed by atoms with van der Waals surface area (Å²) in [5, 5.41) is 8.81. The molecule has 0 aromatic heterocycles. The topological polar surface area (TPSA) is 46.5 Å². The number of ether oxygens (including phenoxy) is 1. The molecule has 0 amide bonds. The molecule has 2 aromatic rings. The Kier molecular flexibility index (Phi) is 4.83. The van der Waals surface area contributed by atoms with Crippen LogP contribution in [0.1, 0.15) is 5.56 Å². The first kappa shape index (κ1) is 15.4. The summed E-state index contributed by atoms with van der Waals surface area (Å²) in [6.07, 6.45) is 2.33. The van der Waals surface area contributed by atoms with Gasteiger partial charge in [-0.1, -0.05) is 29.3 Å². The summed E-state index contributed by atoms with van der Waals surface area (Å²) >= 11 is 11.7. The second kappa shape index (κ2) is 6.61. The Morgan fingerprint density at radius 3 is 2.62 bits per heavy atom. The molecular formula is C15H9Cl2FO3. The number of hydrogen-bond acceptors (Lipinski definition) is 2. The second-order valence-electron chi connectivity index (χ2n) is 4.01. The van der Waals surface area contributed by atoms with E-state index in [1.165, 1.54) is 24.3 Å². The van der Waals surface area contributed by atoms with Crippen molar-refractivity contribution >= 4 is 35.2 Å². The van der Waals surface area contributed by atoms with E-state index in [0.29, 0.717) is 11.3 Å². The van der Waals surface area contributed by atoms with E-state index in [-0.39, 0.29) is 15.8 Å². The number of halogens is 3. The molecule has 1 N–H and O–H groups in total. The second-order valence-corrected chi connectivity index (χ2v) is 4.82. The maximum absolute atomic E-state index is 13.7. The molecule has 0 spiro atoms. The van der Waals surface area contributed by atoms with Crippen LogP contribution in [0.25, 0.3) is 6.08 Å². The van der Waals surface area contributed by atoms with Gasteiger partial charge in [0.1, 0.15) is 5.75 Å². The van der Waals surface area contributed by atoms with Gasteiger partial charge in [-0.2, -0.15) is 0 Å². The molecule has 0 aliphatic heterocycles. The molecule has 3 nitrogen and oxygen atoms in total. The lowest BCUT2D eigenvalue weighted by Crippen LogP contribution is -1.90. The number of benzene rings is 2. The fraction of sp³-hybridized carbons (Fsp3) is 0. The highest BCUT2D eigenvalue weighted by atomic mass is 35.5. The van der Waals surface area contributed by atoms with Gasteiger partial charge < -0.3 is 9.84 Å². The van der Waals surface area contributed by atoms with E-state index in [9.17, 15) is 9.18 Å². The largest absolute Gasteiger partial charge is 0.478 e. The summed E-state index contributed by atoms with van der Waals surface area (Å²) in [6.45, 7) is 0. The van der Waals surface area contributed by atoms with Crippen LogP contribution in [0, 0.1) is 5.82 Å². The van der Waals surface area contributed by atoms with E-state index < -0.39 is 11.8 Å². The Hall–Kier alpha value is -2.04. The molecule has 0 atom stereocenters. The van der Waals surface area contributed by atoms with Crippen molar-refractivity contribution in [2.45, 2.75) is 0 Å². The Balaban J connectivity index is 2.24. The SMILES string of the molecule is O=C(O)/C=C/c1ccc(Oc2cccc(Cl)c2F)cc1Cl. The highest BCUT2D eigenvalue weighted by molar-refractivity contribution is 6.32. The molecule has 0 heterocycles. The number of carbonyl (C=O) groups is 1. The molecule has 2 rings (SSSR count). The van der Waals surface area contributed by atoms with Gasteiger partial charge in [0.05, 0.1) is 10.0 Å². The van der Waals surface area contributed by atoms with Crippen LogP contribution in [0.15, 0.2) is 42.5 Å². The van der Waals surface area contributed by atoms with Crippen LogP contribution in [0.2, 0.25) is 10.0 Å². The first-order chi connectivity index (χ1) is 9.97. The zero-order valence-electron chi connectivity index (χ0n) is 10.5. The number of hydrogen-bond donors (Lipinski definition) is 1. The molecule has 0 aliphatic rings. The Bertz CT molecular complexity index is 714. The number of aliphatic carboxylic acids is 1. The normalized spacial score (nSPS) is 10.8. The maximum Gasteiger partial charge on any atom is 0.328 e. The standard InChI is InChI=1S/C15H9Cl2FO3/c16-11-2-1-3-13(15(11)18)21-10-6-4-9(12(17)8-10)5-7-14(19)20/h1-8H,(H,19,20)/b7-5+. The van der Waals surface area contributed by atoms with E-state index >= 15 is 0 Å². The Morgan fingerprint density at radius 2 is 1.95 bits per heavy atom. The van der Waals surface area contributed by atoms with Crippen molar-refractivity contribution in [3.05, 3.63) is 63.9 Å². The molecule has 0 fully saturated rings. The average Bonchev–Trinajstić information content (AvgIpc) is 2.43. The van der Waals surface area contributed by atoms with Crippen LogP contribution in [0.4, 0.5) is 4.39 Å². The first-order valence-electron chi connectivity index (χ1n) is 5.80. The predicted octanol–water partition coefficient (Wildman–Crippen LogP) is 5.02. The molecule has 108 valence electrons. The first-order valence-corrected chi connectivity index (χ1v) is 6.55. The van der Waals surface area contributed by atoms with Crippen LogP contribution in [0.3, 0.4) is 0 Å². The fourth-order valence-corrected chi connectivity index (χ4v) is 1.96. The van der Waals surface area contributed by atoms with Crippen molar-refractivity contribution in [1.29, 1.82) is 0 Å². The molecule has 0 radical (unpaired) electrons. The monoisotopic (exact) mass is 326 g/mol. The van der Waals surface area contributed by atoms with Crippen molar-refractivity contribution in [3.8, 4) is 11.5 Å². The van der Waals surface area contributed by atoms with Gasteiger partial charge in [-0.05, 0) is 35.9 Å². The van der Waals surface area contributed by atoms with Gasteiger partial charge in [-0.25, -0.2) is 9.18 Å². The third kappa shape index (κ3) is 3.97. The van der Waals surface area contributed by atoms with E-state index in [4.69, 9.17) is 33.0 Å². The summed E-state index contributed by atoms with van der Waals surface area (Å²) < 4.78 is 19.1. The zero-order chi connectivity index (χ0) is 15.4. The number of rotatable bonds is 4. The Morgan fingerprint density at radius 1 is 1.19 bits per heavy atom. The molecule has 2 aromatic carbocycles. The summed E-state index contributed by atoms with van der Waals surface area (Å²) in [5.41, 5.74) is 0.512. The van der Waals surface area contributed by atoms with E-state index in [1.807, 2.05) is 0 Å². The lowest BCUT2D eigenvalue weighted by Gasteiger charge is -2.08. The maximum atomic E-state index is 13.7. The Labute approximate surface area is 130 Å². The minimum absolute atomic E-state index is 0.0209. The van der Waals surface area contributed by atoms with E-state index in [0.717, 1.165) is 6.08 Å². The third-order valence-electron chi connectivity index (χ3n) is 2.52. The summed E-state index contributed by atoms with van der Waals surface area (Å²) in [7, 11) is 0. The number of carboxylic acid groups (broad SMARTS) is 1. The molecule has 0 aliphatic carbocycles. The van der Waals surface area contributed by atoms with Gasteiger partial charge in [0.25, 0.3) is 0 Å². The summed E-state index contributed by atoms with van der Waals surface area (Å²) in [5.74, 6) is -1.45. The van der Waals surface area contributed by atoms with Crippen molar-refractivity contribution in [3.63, 3.8) is 0 Å². The van der Waals surface area contributed by atoms with Gasteiger partial charge >= 0.3 is 5.97 Å². The minimum atomic E-state index is -1.08. The van der Waals surface area contributed by atoms with Gasteiger partial charge in [0, 0.05) is 12.1 Å². The fourth-order valence-electron chi connectivity index (χ4n) is 1.56. The van der Waals surface area contributed by atoms with E-state index in [2.05, 4.69) is 0 Å². The van der Waals surface area contributed by atoms with Crippen molar-refractivity contribution in [2.24, 2.45) is 0 Å². The average molecular weight is 327 g/mol. The van der Waals surface area contributed by atoms with Crippen LogP contribution in [0.5, 0.6) is 11.5 Å².